The zero-order chi connectivity index (χ0) is 11.0. The first kappa shape index (κ1) is 9.58. The van der Waals surface area contributed by atoms with E-state index in [1.165, 1.54) is 7.11 Å². The minimum atomic E-state index is -0.157. The van der Waals surface area contributed by atoms with Gasteiger partial charge >= 0.3 is 0 Å². The Bertz CT molecular complexity index is 410. The van der Waals surface area contributed by atoms with Crippen molar-refractivity contribution in [1.82, 2.24) is 5.32 Å². The summed E-state index contributed by atoms with van der Waals surface area (Å²) in [7, 11) is 3.09. The molecule has 0 aliphatic carbocycles. The van der Waals surface area contributed by atoms with Crippen molar-refractivity contribution in [3.63, 3.8) is 0 Å². The van der Waals surface area contributed by atoms with Crippen LogP contribution in [0.3, 0.4) is 0 Å². The summed E-state index contributed by atoms with van der Waals surface area (Å²) >= 11 is 0. The Balaban J connectivity index is 2.63. The van der Waals surface area contributed by atoms with Crippen LogP contribution in [0.5, 0.6) is 11.5 Å². The SMILES string of the molecule is C=C1NC(=O)c2cc(OC)c(OC)cc21. The molecule has 1 aromatic carbocycles. The lowest BCUT2D eigenvalue weighted by atomic mass is 10.1. The van der Waals surface area contributed by atoms with Crippen molar-refractivity contribution < 1.29 is 14.3 Å². The maximum Gasteiger partial charge on any atom is 0.256 e. The number of methoxy groups -OCH3 is 2. The summed E-state index contributed by atoms with van der Waals surface area (Å²) in [4.78, 5) is 11.5. The van der Waals surface area contributed by atoms with E-state index in [1.807, 2.05) is 0 Å². The molecule has 0 fully saturated rings. The van der Waals surface area contributed by atoms with E-state index in [0.717, 1.165) is 5.56 Å². The fourth-order valence-corrected chi connectivity index (χ4v) is 1.59. The van der Waals surface area contributed by atoms with Gasteiger partial charge in [-0.1, -0.05) is 6.58 Å². The molecule has 1 amide bonds. The van der Waals surface area contributed by atoms with Crippen LogP contribution in [0.2, 0.25) is 0 Å². The largest absolute Gasteiger partial charge is 0.493 e. The number of ether oxygens (including phenoxy) is 2. The van der Waals surface area contributed by atoms with Crippen molar-refractivity contribution in [2.45, 2.75) is 0 Å². The first-order valence-corrected chi connectivity index (χ1v) is 4.44. The average molecular weight is 205 g/mol. The van der Waals surface area contributed by atoms with Crippen molar-refractivity contribution in [3.8, 4) is 11.5 Å². The molecular weight excluding hydrogens is 194 g/mol. The quantitative estimate of drug-likeness (QED) is 0.794. The second-order valence-electron chi connectivity index (χ2n) is 3.19. The van der Waals surface area contributed by atoms with Gasteiger partial charge in [0.2, 0.25) is 0 Å². The first-order valence-electron chi connectivity index (χ1n) is 4.44. The van der Waals surface area contributed by atoms with Gasteiger partial charge < -0.3 is 14.8 Å². The summed E-state index contributed by atoms with van der Waals surface area (Å²) < 4.78 is 10.3. The Morgan fingerprint density at radius 1 is 1.13 bits per heavy atom. The second kappa shape index (κ2) is 3.31. The molecule has 0 unspecified atom stereocenters. The van der Waals surface area contributed by atoms with Crippen molar-refractivity contribution in [1.29, 1.82) is 0 Å². The minimum Gasteiger partial charge on any atom is -0.493 e. The van der Waals surface area contributed by atoms with Crippen molar-refractivity contribution in [3.05, 3.63) is 29.8 Å². The van der Waals surface area contributed by atoms with Crippen LogP contribution in [0.1, 0.15) is 15.9 Å². The van der Waals surface area contributed by atoms with Crippen LogP contribution in [-0.2, 0) is 0 Å². The van der Waals surface area contributed by atoms with Gasteiger partial charge in [-0.05, 0) is 12.1 Å². The number of carbonyl (C=O) groups excluding carboxylic acids is 1. The zero-order valence-corrected chi connectivity index (χ0v) is 8.59. The molecule has 1 heterocycles. The van der Waals surface area contributed by atoms with Crippen LogP contribution < -0.4 is 14.8 Å². The van der Waals surface area contributed by atoms with Crippen LogP contribution in [0.4, 0.5) is 0 Å². The van der Waals surface area contributed by atoms with E-state index in [2.05, 4.69) is 11.9 Å². The molecular formula is C11H11NO3. The molecule has 0 spiro atoms. The number of rotatable bonds is 2. The highest BCUT2D eigenvalue weighted by Crippen LogP contribution is 2.35. The van der Waals surface area contributed by atoms with Crippen molar-refractivity contribution in [2.24, 2.45) is 0 Å². The van der Waals surface area contributed by atoms with Gasteiger partial charge in [-0.3, -0.25) is 4.79 Å². The summed E-state index contributed by atoms with van der Waals surface area (Å²) in [5.74, 6) is 0.978. The lowest BCUT2D eigenvalue weighted by Crippen LogP contribution is -2.11. The topological polar surface area (TPSA) is 47.6 Å². The van der Waals surface area contributed by atoms with E-state index in [1.54, 1.807) is 19.2 Å². The number of benzene rings is 1. The fourth-order valence-electron chi connectivity index (χ4n) is 1.59. The smallest absolute Gasteiger partial charge is 0.256 e. The minimum absolute atomic E-state index is 0.157. The molecule has 1 aliphatic heterocycles. The first-order chi connectivity index (χ1) is 7.17. The van der Waals surface area contributed by atoms with Crippen LogP contribution in [0.15, 0.2) is 18.7 Å². The van der Waals surface area contributed by atoms with Gasteiger partial charge in [-0.25, -0.2) is 0 Å². The van der Waals surface area contributed by atoms with Crippen LogP contribution in [0.25, 0.3) is 5.70 Å². The van der Waals surface area contributed by atoms with Crippen LogP contribution in [0, 0.1) is 0 Å². The number of fused-ring (bicyclic) bond motifs is 1. The van der Waals surface area contributed by atoms with Gasteiger partial charge in [0.1, 0.15) is 0 Å². The van der Waals surface area contributed by atoms with E-state index in [-0.39, 0.29) is 5.91 Å². The molecule has 0 radical (unpaired) electrons. The fraction of sp³-hybridized carbons (Fsp3) is 0.182. The monoisotopic (exact) mass is 205 g/mol. The zero-order valence-electron chi connectivity index (χ0n) is 8.59. The molecule has 1 aliphatic rings. The molecule has 0 saturated heterocycles. The standard InChI is InChI=1S/C11H11NO3/c1-6-7-4-9(14-2)10(15-3)5-8(7)11(13)12-6/h4-5H,1H2,2-3H3,(H,12,13). The van der Waals surface area contributed by atoms with Crippen LogP contribution in [-0.4, -0.2) is 20.1 Å². The normalized spacial score (nSPS) is 13.5. The molecule has 4 heteroatoms. The third-order valence-corrected chi connectivity index (χ3v) is 2.36. The van der Waals surface area contributed by atoms with Gasteiger partial charge in [0.25, 0.3) is 5.91 Å². The molecule has 15 heavy (non-hydrogen) atoms. The predicted molar refractivity (Wildman–Crippen MR) is 56.0 cm³/mol. The number of carbonyl (C=O) groups is 1. The molecule has 0 atom stereocenters. The molecule has 1 N–H and O–H groups in total. The summed E-state index contributed by atoms with van der Waals surface area (Å²) in [5.41, 5.74) is 1.92. The van der Waals surface area contributed by atoms with Crippen molar-refractivity contribution in [2.75, 3.05) is 14.2 Å². The van der Waals surface area contributed by atoms with Gasteiger partial charge in [-0.15, -0.1) is 0 Å². The maximum absolute atomic E-state index is 11.5. The second-order valence-corrected chi connectivity index (χ2v) is 3.19. The Labute approximate surface area is 87.5 Å². The Morgan fingerprint density at radius 3 is 2.20 bits per heavy atom. The Hall–Kier alpha value is -1.97. The molecule has 0 saturated carbocycles. The van der Waals surface area contributed by atoms with E-state index in [4.69, 9.17) is 9.47 Å². The molecule has 2 rings (SSSR count). The molecule has 4 nitrogen and oxygen atoms in total. The number of nitrogens with one attached hydrogen (secondary N) is 1. The van der Waals surface area contributed by atoms with Crippen molar-refractivity contribution >= 4 is 11.6 Å². The van der Waals surface area contributed by atoms with Gasteiger partial charge in [0.15, 0.2) is 11.5 Å². The van der Waals surface area contributed by atoms with E-state index in [9.17, 15) is 4.79 Å². The molecule has 0 aromatic heterocycles. The summed E-state index contributed by atoms with van der Waals surface area (Å²) in [5, 5.41) is 2.64. The van der Waals surface area contributed by atoms with Gasteiger partial charge in [0.05, 0.1) is 19.8 Å². The van der Waals surface area contributed by atoms with Crippen LogP contribution >= 0.6 is 0 Å². The van der Waals surface area contributed by atoms with Gasteiger partial charge in [-0.2, -0.15) is 0 Å². The number of hydrogen-bond donors (Lipinski definition) is 1. The van der Waals surface area contributed by atoms with E-state index >= 15 is 0 Å². The van der Waals surface area contributed by atoms with E-state index in [0.29, 0.717) is 22.8 Å². The maximum atomic E-state index is 11.5. The predicted octanol–water partition coefficient (Wildman–Crippen LogP) is 1.42. The summed E-state index contributed by atoms with van der Waals surface area (Å²) in [6.07, 6.45) is 0. The Morgan fingerprint density at radius 2 is 1.67 bits per heavy atom. The molecule has 0 bridgehead atoms. The highest BCUT2D eigenvalue weighted by atomic mass is 16.5. The lowest BCUT2D eigenvalue weighted by molar-refractivity contribution is 0.0980. The number of amides is 1. The summed E-state index contributed by atoms with van der Waals surface area (Å²) in [6, 6.07) is 3.40. The number of hydrogen-bond acceptors (Lipinski definition) is 3. The highest BCUT2D eigenvalue weighted by Gasteiger charge is 2.24. The average Bonchev–Trinajstić information content (AvgIpc) is 2.52. The highest BCUT2D eigenvalue weighted by molar-refractivity contribution is 6.09. The van der Waals surface area contributed by atoms with Gasteiger partial charge in [0, 0.05) is 11.3 Å². The molecule has 78 valence electrons. The lowest BCUT2D eigenvalue weighted by Gasteiger charge is -2.08. The Kier molecular flexibility index (Phi) is 2.11. The summed E-state index contributed by atoms with van der Waals surface area (Å²) in [6.45, 7) is 3.75. The van der Waals surface area contributed by atoms with E-state index < -0.39 is 0 Å². The third-order valence-electron chi connectivity index (χ3n) is 2.36. The third kappa shape index (κ3) is 1.34. The molecule has 1 aromatic rings.